The van der Waals surface area contributed by atoms with Crippen molar-refractivity contribution in [3.8, 4) is 0 Å². The summed E-state index contributed by atoms with van der Waals surface area (Å²) in [6.07, 6.45) is 6.42. The van der Waals surface area contributed by atoms with E-state index in [1.54, 1.807) is 0 Å². The Kier molecular flexibility index (Phi) is 7.63. The first kappa shape index (κ1) is 21.6. The number of unbranched alkanes of at least 4 members (excludes halogenated alkanes) is 3. The van der Waals surface area contributed by atoms with E-state index in [9.17, 15) is 0 Å². The average Bonchev–Trinajstić information content (AvgIpc) is 3.19. The number of benzene rings is 1. The van der Waals surface area contributed by atoms with Gasteiger partial charge in [0.15, 0.2) is 11.3 Å². The predicted octanol–water partition coefficient (Wildman–Crippen LogP) is 4.95. The lowest BCUT2D eigenvalue weighted by molar-refractivity contribution is 0.661. The molecule has 158 valence electrons. The molecule has 0 spiro atoms. The fourth-order valence-corrected chi connectivity index (χ4v) is 3.32. The van der Waals surface area contributed by atoms with Crippen molar-refractivity contribution >= 4 is 23.0 Å². The first-order valence-electron chi connectivity index (χ1n) is 10.6. The van der Waals surface area contributed by atoms with Crippen molar-refractivity contribution in [1.29, 1.82) is 0 Å². The molecular formula is C23H31N7. The zero-order valence-corrected chi connectivity index (χ0v) is 17.9. The van der Waals surface area contributed by atoms with E-state index in [1.807, 2.05) is 41.0 Å². The van der Waals surface area contributed by atoms with E-state index in [0.29, 0.717) is 18.2 Å². The SMILES string of the molecule is [C-]#[N+]c1ccc(CNc2cc(NCCCCCCN)nc3c(C(C)C)cnn23)cc1. The number of aromatic nitrogens is 3. The lowest BCUT2D eigenvalue weighted by Crippen LogP contribution is -2.10. The molecule has 4 N–H and O–H groups in total. The molecule has 2 aromatic heterocycles. The van der Waals surface area contributed by atoms with E-state index >= 15 is 0 Å². The van der Waals surface area contributed by atoms with Crippen molar-refractivity contribution in [2.75, 3.05) is 23.7 Å². The molecule has 0 aliphatic rings. The van der Waals surface area contributed by atoms with Crippen LogP contribution in [0.15, 0.2) is 36.5 Å². The van der Waals surface area contributed by atoms with Crippen LogP contribution in [0.1, 0.15) is 56.6 Å². The maximum absolute atomic E-state index is 7.08. The first-order valence-corrected chi connectivity index (χ1v) is 10.6. The highest BCUT2D eigenvalue weighted by atomic mass is 15.3. The third-order valence-corrected chi connectivity index (χ3v) is 5.10. The highest BCUT2D eigenvalue weighted by Crippen LogP contribution is 2.24. The fourth-order valence-electron chi connectivity index (χ4n) is 3.32. The second-order valence-corrected chi connectivity index (χ2v) is 7.78. The topological polar surface area (TPSA) is 84.6 Å². The summed E-state index contributed by atoms with van der Waals surface area (Å²) < 4.78 is 1.87. The Morgan fingerprint density at radius 3 is 2.57 bits per heavy atom. The lowest BCUT2D eigenvalue weighted by Gasteiger charge is -2.13. The van der Waals surface area contributed by atoms with E-state index in [4.69, 9.17) is 17.3 Å². The molecule has 0 radical (unpaired) electrons. The number of anilines is 2. The third kappa shape index (κ3) is 5.49. The molecule has 7 heteroatoms. The van der Waals surface area contributed by atoms with Crippen molar-refractivity contribution in [3.05, 3.63) is 59.1 Å². The monoisotopic (exact) mass is 405 g/mol. The van der Waals surface area contributed by atoms with Crippen LogP contribution in [0.4, 0.5) is 17.3 Å². The lowest BCUT2D eigenvalue weighted by atomic mass is 10.1. The quantitative estimate of drug-likeness (QED) is 0.311. The fraction of sp³-hybridized carbons (Fsp3) is 0.435. The van der Waals surface area contributed by atoms with Crippen molar-refractivity contribution in [3.63, 3.8) is 0 Å². The standard InChI is InChI=1S/C23H31N7/c1-17(2)20-16-28-30-22(27-15-18-8-10-19(25-3)11-9-18)14-21(29-23(20)30)26-13-7-5-4-6-12-24/h8-11,14,16-17,27H,4-7,12-13,15,24H2,1-2H3,(H,26,29). The van der Waals surface area contributed by atoms with Gasteiger partial charge in [-0.1, -0.05) is 51.0 Å². The highest BCUT2D eigenvalue weighted by Gasteiger charge is 2.14. The van der Waals surface area contributed by atoms with Crippen molar-refractivity contribution in [2.24, 2.45) is 5.73 Å². The Morgan fingerprint density at radius 2 is 1.87 bits per heavy atom. The molecular weight excluding hydrogens is 374 g/mol. The van der Waals surface area contributed by atoms with Gasteiger partial charge in [-0.2, -0.15) is 9.61 Å². The Balaban J connectivity index is 1.76. The van der Waals surface area contributed by atoms with Gasteiger partial charge in [-0.25, -0.2) is 9.83 Å². The molecule has 0 aliphatic heterocycles. The number of hydrogen-bond acceptors (Lipinski definition) is 5. The maximum Gasteiger partial charge on any atom is 0.187 e. The minimum absolute atomic E-state index is 0.343. The summed E-state index contributed by atoms with van der Waals surface area (Å²) in [6.45, 7) is 13.7. The van der Waals surface area contributed by atoms with Crippen LogP contribution in [0.2, 0.25) is 0 Å². The molecule has 1 aromatic carbocycles. The molecule has 3 aromatic rings. The van der Waals surface area contributed by atoms with E-state index < -0.39 is 0 Å². The summed E-state index contributed by atoms with van der Waals surface area (Å²) in [4.78, 5) is 8.27. The van der Waals surface area contributed by atoms with Crippen LogP contribution in [0.3, 0.4) is 0 Å². The first-order chi connectivity index (χ1) is 14.6. The molecule has 0 aliphatic carbocycles. The van der Waals surface area contributed by atoms with Crippen LogP contribution in [0.25, 0.3) is 10.5 Å². The van der Waals surface area contributed by atoms with E-state index in [2.05, 4.69) is 34.4 Å². The van der Waals surface area contributed by atoms with Gasteiger partial charge in [0.25, 0.3) is 0 Å². The summed E-state index contributed by atoms with van der Waals surface area (Å²) in [5.74, 6) is 2.09. The molecule has 0 atom stereocenters. The molecule has 30 heavy (non-hydrogen) atoms. The van der Waals surface area contributed by atoms with Gasteiger partial charge in [-0.15, -0.1) is 0 Å². The van der Waals surface area contributed by atoms with Crippen LogP contribution in [0, 0.1) is 6.57 Å². The summed E-state index contributed by atoms with van der Waals surface area (Å²) in [6, 6.07) is 9.64. The van der Waals surface area contributed by atoms with Crippen LogP contribution in [-0.2, 0) is 6.54 Å². The van der Waals surface area contributed by atoms with Gasteiger partial charge in [0, 0.05) is 24.7 Å². The number of rotatable bonds is 11. The number of nitrogens with zero attached hydrogens (tertiary/aromatic N) is 4. The van der Waals surface area contributed by atoms with Gasteiger partial charge < -0.3 is 16.4 Å². The van der Waals surface area contributed by atoms with Crippen molar-refractivity contribution in [1.82, 2.24) is 14.6 Å². The van der Waals surface area contributed by atoms with E-state index in [-0.39, 0.29) is 0 Å². The Bertz CT molecular complexity index is 983. The second kappa shape index (κ2) is 10.6. The largest absolute Gasteiger partial charge is 0.370 e. The molecule has 0 fully saturated rings. The van der Waals surface area contributed by atoms with Crippen molar-refractivity contribution in [2.45, 2.75) is 52.0 Å². The highest BCUT2D eigenvalue weighted by molar-refractivity contribution is 5.61. The zero-order chi connectivity index (χ0) is 21.3. The maximum atomic E-state index is 7.08. The molecule has 0 bridgehead atoms. The summed E-state index contributed by atoms with van der Waals surface area (Å²) >= 11 is 0. The Labute approximate surface area is 178 Å². The molecule has 0 saturated carbocycles. The molecule has 0 amide bonds. The number of nitrogens with two attached hydrogens (primary N) is 1. The minimum Gasteiger partial charge on any atom is -0.370 e. The third-order valence-electron chi connectivity index (χ3n) is 5.10. The molecule has 2 heterocycles. The summed E-state index contributed by atoms with van der Waals surface area (Å²) in [5, 5.41) is 11.5. The van der Waals surface area contributed by atoms with Crippen molar-refractivity contribution < 1.29 is 0 Å². The smallest absolute Gasteiger partial charge is 0.187 e. The normalized spacial score (nSPS) is 11.0. The number of nitrogens with one attached hydrogen (secondary N) is 2. The van der Waals surface area contributed by atoms with Gasteiger partial charge in [0.1, 0.15) is 11.6 Å². The Morgan fingerprint density at radius 1 is 1.10 bits per heavy atom. The second-order valence-electron chi connectivity index (χ2n) is 7.78. The average molecular weight is 406 g/mol. The summed E-state index contributed by atoms with van der Waals surface area (Å²) in [5.41, 5.74) is 9.33. The predicted molar refractivity (Wildman–Crippen MR) is 123 cm³/mol. The van der Waals surface area contributed by atoms with Crippen LogP contribution in [-0.4, -0.2) is 27.7 Å². The van der Waals surface area contributed by atoms with Gasteiger partial charge in [-0.3, -0.25) is 0 Å². The molecule has 7 nitrogen and oxygen atoms in total. The van der Waals surface area contributed by atoms with Crippen LogP contribution in [0.5, 0.6) is 0 Å². The molecule has 0 saturated heterocycles. The Hall–Kier alpha value is -3.11. The van der Waals surface area contributed by atoms with Crippen LogP contribution < -0.4 is 16.4 Å². The molecule has 0 unspecified atom stereocenters. The van der Waals surface area contributed by atoms with E-state index in [0.717, 1.165) is 54.3 Å². The number of hydrogen-bond donors (Lipinski definition) is 3. The van der Waals surface area contributed by atoms with Gasteiger partial charge in [-0.05, 0) is 30.9 Å². The van der Waals surface area contributed by atoms with Crippen LogP contribution >= 0.6 is 0 Å². The van der Waals surface area contributed by atoms with E-state index in [1.165, 1.54) is 12.8 Å². The number of fused-ring (bicyclic) bond motifs is 1. The molecule has 3 rings (SSSR count). The minimum atomic E-state index is 0.343. The zero-order valence-electron chi connectivity index (χ0n) is 17.9. The van der Waals surface area contributed by atoms with Gasteiger partial charge in [0.05, 0.1) is 12.8 Å². The van der Waals surface area contributed by atoms with Gasteiger partial charge >= 0.3 is 0 Å². The van der Waals surface area contributed by atoms with Gasteiger partial charge in [0.2, 0.25) is 0 Å². The summed E-state index contributed by atoms with van der Waals surface area (Å²) in [7, 11) is 0.